The van der Waals surface area contributed by atoms with E-state index in [0.29, 0.717) is 19.4 Å². The Balaban J connectivity index is 1.72. The van der Waals surface area contributed by atoms with Crippen molar-refractivity contribution < 1.29 is 9.59 Å². The van der Waals surface area contributed by atoms with Crippen molar-refractivity contribution in [3.05, 3.63) is 39.3 Å². The van der Waals surface area contributed by atoms with Gasteiger partial charge < -0.3 is 0 Å². The lowest BCUT2D eigenvalue weighted by Gasteiger charge is -2.14. The third-order valence-corrected chi connectivity index (χ3v) is 5.06. The van der Waals surface area contributed by atoms with E-state index < -0.39 is 0 Å². The molecule has 1 fully saturated rings. The highest BCUT2D eigenvalue weighted by atomic mass is 32.1. The SMILES string of the molecule is Cc1cc(CN2C(=O)C[C@H](Cc3cnn(C)c3)C2=O)c(C)s1. The van der Waals surface area contributed by atoms with Crippen LogP contribution in [-0.4, -0.2) is 26.5 Å². The molecule has 116 valence electrons. The fourth-order valence-electron chi connectivity index (χ4n) is 2.95. The van der Waals surface area contributed by atoms with Crippen molar-refractivity contribution in [3.8, 4) is 0 Å². The summed E-state index contributed by atoms with van der Waals surface area (Å²) >= 11 is 1.70. The average molecular weight is 317 g/mol. The first-order chi connectivity index (χ1) is 10.4. The quantitative estimate of drug-likeness (QED) is 0.813. The Hall–Kier alpha value is -1.95. The highest BCUT2D eigenvalue weighted by Crippen LogP contribution is 2.28. The summed E-state index contributed by atoms with van der Waals surface area (Å²) < 4.78 is 1.71. The van der Waals surface area contributed by atoms with Crippen LogP contribution in [0.25, 0.3) is 0 Å². The van der Waals surface area contributed by atoms with E-state index in [1.165, 1.54) is 14.7 Å². The predicted molar refractivity (Wildman–Crippen MR) is 84.4 cm³/mol. The summed E-state index contributed by atoms with van der Waals surface area (Å²) in [6.07, 6.45) is 4.53. The second-order valence-corrected chi connectivity index (χ2v) is 7.34. The Labute approximate surface area is 133 Å². The van der Waals surface area contributed by atoms with E-state index in [0.717, 1.165) is 11.1 Å². The van der Waals surface area contributed by atoms with Crippen LogP contribution in [0.2, 0.25) is 0 Å². The molecule has 0 radical (unpaired) electrons. The monoisotopic (exact) mass is 317 g/mol. The van der Waals surface area contributed by atoms with Crippen molar-refractivity contribution in [3.63, 3.8) is 0 Å². The number of aromatic nitrogens is 2. The third-order valence-electron chi connectivity index (χ3n) is 4.05. The largest absolute Gasteiger partial charge is 0.278 e. The van der Waals surface area contributed by atoms with E-state index in [-0.39, 0.29) is 17.7 Å². The number of carbonyl (C=O) groups is 2. The van der Waals surface area contributed by atoms with Crippen LogP contribution in [0.3, 0.4) is 0 Å². The number of imide groups is 1. The van der Waals surface area contributed by atoms with Gasteiger partial charge >= 0.3 is 0 Å². The molecule has 1 atom stereocenters. The molecule has 0 spiro atoms. The van der Waals surface area contributed by atoms with E-state index in [9.17, 15) is 9.59 Å². The van der Waals surface area contributed by atoms with Crippen LogP contribution in [0.1, 0.15) is 27.3 Å². The number of likely N-dealkylation sites (tertiary alicyclic amines) is 1. The molecule has 2 amide bonds. The number of thiophene rings is 1. The van der Waals surface area contributed by atoms with Crippen molar-refractivity contribution in [1.82, 2.24) is 14.7 Å². The molecule has 0 bridgehead atoms. The van der Waals surface area contributed by atoms with Crippen molar-refractivity contribution in [2.75, 3.05) is 0 Å². The molecule has 3 rings (SSSR count). The van der Waals surface area contributed by atoms with Gasteiger partial charge in [-0.15, -0.1) is 11.3 Å². The number of rotatable bonds is 4. The molecule has 6 heteroatoms. The minimum absolute atomic E-state index is 0.0582. The predicted octanol–water partition coefficient (Wildman–Crippen LogP) is 2.22. The second-order valence-electron chi connectivity index (χ2n) is 5.88. The Bertz CT molecular complexity index is 732. The number of hydrogen-bond acceptors (Lipinski definition) is 4. The molecule has 1 saturated heterocycles. The average Bonchev–Trinajstić information content (AvgIpc) is 3.06. The van der Waals surface area contributed by atoms with Crippen molar-refractivity contribution >= 4 is 23.2 Å². The molecule has 3 heterocycles. The van der Waals surface area contributed by atoms with Gasteiger partial charge in [-0.05, 0) is 37.5 Å². The molecule has 5 nitrogen and oxygen atoms in total. The number of aryl methyl sites for hydroxylation is 3. The van der Waals surface area contributed by atoms with Gasteiger partial charge in [-0.1, -0.05) is 0 Å². The Morgan fingerprint density at radius 2 is 2.14 bits per heavy atom. The van der Waals surface area contributed by atoms with Crippen LogP contribution in [0, 0.1) is 19.8 Å². The zero-order valence-corrected chi connectivity index (χ0v) is 13.8. The fraction of sp³-hybridized carbons (Fsp3) is 0.438. The lowest BCUT2D eigenvalue weighted by molar-refractivity contribution is -0.140. The highest BCUT2D eigenvalue weighted by Gasteiger charge is 2.38. The van der Waals surface area contributed by atoms with Crippen LogP contribution < -0.4 is 0 Å². The first-order valence-electron chi connectivity index (χ1n) is 7.31. The molecule has 1 aliphatic rings. The number of amides is 2. The van der Waals surface area contributed by atoms with E-state index in [1.54, 1.807) is 22.2 Å². The maximum Gasteiger partial charge on any atom is 0.233 e. The molecule has 0 N–H and O–H groups in total. The summed E-state index contributed by atoms with van der Waals surface area (Å²) in [6.45, 7) is 4.47. The van der Waals surface area contributed by atoms with Gasteiger partial charge in [0.2, 0.25) is 11.8 Å². The van der Waals surface area contributed by atoms with Gasteiger partial charge in [-0.2, -0.15) is 5.10 Å². The molecule has 2 aromatic rings. The van der Waals surface area contributed by atoms with Gasteiger partial charge in [0.05, 0.1) is 18.7 Å². The van der Waals surface area contributed by atoms with Gasteiger partial charge in [-0.25, -0.2) is 0 Å². The first-order valence-corrected chi connectivity index (χ1v) is 8.13. The zero-order valence-electron chi connectivity index (χ0n) is 13.0. The van der Waals surface area contributed by atoms with Crippen molar-refractivity contribution in [2.24, 2.45) is 13.0 Å². The van der Waals surface area contributed by atoms with E-state index in [4.69, 9.17) is 0 Å². The normalized spacial score (nSPS) is 18.5. The van der Waals surface area contributed by atoms with Crippen LogP contribution >= 0.6 is 11.3 Å². The Morgan fingerprint density at radius 3 is 2.73 bits per heavy atom. The topological polar surface area (TPSA) is 55.2 Å². The maximum atomic E-state index is 12.5. The minimum Gasteiger partial charge on any atom is -0.278 e. The van der Waals surface area contributed by atoms with E-state index in [2.05, 4.69) is 11.2 Å². The lowest BCUT2D eigenvalue weighted by atomic mass is 10.0. The van der Waals surface area contributed by atoms with Crippen LogP contribution in [0.4, 0.5) is 0 Å². The van der Waals surface area contributed by atoms with Crippen LogP contribution in [-0.2, 0) is 29.6 Å². The molecule has 2 aromatic heterocycles. The van der Waals surface area contributed by atoms with E-state index in [1.807, 2.05) is 27.1 Å². The number of nitrogens with zero attached hydrogens (tertiary/aromatic N) is 3. The summed E-state index contributed by atoms with van der Waals surface area (Å²) in [5, 5.41) is 4.11. The molecular formula is C16H19N3O2S. The van der Waals surface area contributed by atoms with Gasteiger partial charge in [-0.3, -0.25) is 19.2 Å². The fourth-order valence-corrected chi connectivity index (χ4v) is 3.89. The molecule has 0 aliphatic carbocycles. The molecule has 22 heavy (non-hydrogen) atoms. The first kappa shape index (κ1) is 15.0. The van der Waals surface area contributed by atoms with Crippen molar-refractivity contribution in [2.45, 2.75) is 33.2 Å². The Kier molecular flexibility index (Phi) is 3.87. The number of hydrogen-bond donors (Lipinski definition) is 0. The Morgan fingerprint density at radius 1 is 1.36 bits per heavy atom. The zero-order chi connectivity index (χ0) is 15.9. The molecule has 0 saturated carbocycles. The minimum atomic E-state index is -0.253. The summed E-state index contributed by atoms with van der Waals surface area (Å²) in [6, 6.07) is 2.06. The molecule has 0 aromatic carbocycles. The third kappa shape index (κ3) is 2.83. The number of carbonyl (C=O) groups excluding carboxylic acids is 2. The van der Waals surface area contributed by atoms with Crippen molar-refractivity contribution in [1.29, 1.82) is 0 Å². The van der Waals surface area contributed by atoms with Gasteiger partial charge in [0, 0.05) is 29.4 Å². The van der Waals surface area contributed by atoms with Gasteiger partial charge in [0.25, 0.3) is 0 Å². The maximum absolute atomic E-state index is 12.5. The standard InChI is InChI=1S/C16H19N3O2S/c1-10-4-14(11(2)22-10)9-19-15(20)6-13(16(19)21)5-12-7-17-18(3)8-12/h4,7-8,13H,5-6,9H2,1-3H3/t13-/m0/s1. The van der Waals surface area contributed by atoms with E-state index >= 15 is 0 Å². The summed E-state index contributed by atoms with van der Waals surface area (Å²) in [7, 11) is 1.85. The smallest absolute Gasteiger partial charge is 0.233 e. The highest BCUT2D eigenvalue weighted by molar-refractivity contribution is 7.12. The van der Waals surface area contributed by atoms with Gasteiger partial charge in [0.15, 0.2) is 0 Å². The van der Waals surface area contributed by atoms with Crippen LogP contribution in [0.5, 0.6) is 0 Å². The molecule has 0 unspecified atom stereocenters. The summed E-state index contributed by atoms with van der Waals surface area (Å²) in [5.41, 5.74) is 2.07. The van der Waals surface area contributed by atoms with Gasteiger partial charge in [0.1, 0.15) is 0 Å². The summed E-state index contributed by atoms with van der Waals surface area (Å²) in [4.78, 5) is 28.5. The summed E-state index contributed by atoms with van der Waals surface area (Å²) in [5.74, 6) is -0.379. The molecule has 1 aliphatic heterocycles. The second kappa shape index (κ2) is 5.68. The lowest BCUT2D eigenvalue weighted by Crippen LogP contribution is -2.30. The van der Waals surface area contributed by atoms with Crippen LogP contribution in [0.15, 0.2) is 18.5 Å². The molecular weight excluding hydrogens is 298 g/mol.